The van der Waals surface area contributed by atoms with Gasteiger partial charge in [0.2, 0.25) is 0 Å². The third kappa shape index (κ3) is 6.07. The van der Waals surface area contributed by atoms with Crippen LogP contribution in [0.3, 0.4) is 0 Å². The highest BCUT2D eigenvalue weighted by Gasteiger charge is 2.32. The number of benzene rings is 3. The van der Waals surface area contributed by atoms with Crippen molar-refractivity contribution in [2.24, 2.45) is 0 Å². The summed E-state index contributed by atoms with van der Waals surface area (Å²) in [6.45, 7) is 1.80. The highest BCUT2D eigenvalue weighted by atomic mass is 32.2. The Kier molecular flexibility index (Phi) is 7.51. The first kappa shape index (κ1) is 25.1. The zero-order valence-electron chi connectivity index (χ0n) is 18.4. The SMILES string of the molecule is COc1ccc(C(=O)NCCc2ccccc2C(F)(F)F)cc1S(=O)(=O)Nc1ccc(C)cc1. The summed E-state index contributed by atoms with van der Waals surface area (Å²) in [6.07, 6.45) is -4.54. The smallest absolute Gasteiger partial charge is 0.416 e. The van der Waals surface area contributed by atoms with Crippen LogP contribution in [0.1, 0.15) is 27.0 Å². The Hall–Kier alpha value is -3.53. The average Bonchev–Trinajstić information content (AvgIpc) is 2.79. The first-order chi connectivity index (χ1) is 16.0. The van der Waals surface area contributed by atoms with Gasteiger partial charge in [0.1, 0.15) is 10.6 Å². The van der Waals surface area contributed by atoms with Gasteiger partial charge in [-0.05, 0) is 55.3 Å². The number of amides is 1. The number of rotatable bonds is 8. The average molecular weight is 493 g/mol. The fourth-order valence-electron chi connectivity index (χ4n) is 3.29. The molecule has 0 spiro atoms. The van der Waals surface area contributed by atoms with Gasteiger partial charge in [0, 0.05) is 17.8 Å². The van der Waals surface area contributed by atoms with E-state index in [9.17, 15) is 26.4 Å². The third-order valence-electron chi connectivity index (χ3n) is 5.02. The molecule has 34 heavy (non-hydrogen) atoms. The number of sulfonamides is 1. The minimum absolute atomic E-state index is 0.0224. The fourth-order valence-corrected chi connectivity index (χ4v) is 4.54. The van der Waals surface area contributed by atoms with Gasteiger partial charge >= 0.3 is 6.18 Å². The van der Waals surface area contributed by atoms with Crippen molar-refractivity contribution in [1.29, 1.82) is 0 Å². The number of halogens is 3. The number of hydrogen-bond donors (Lipinski definition) is 2. The molecule has 0 saturated carbocycles. The number of carbonyl (C=O) groups excluding carboxylic acids is 1. The molecule has 0 bridgehead atoms. The topological polar surface area (TPSA) is 84.5 Å². The Balaban J connectivity index is 1.76. The van der Waals surface area contributed by atoms with Gasteiger partial charge in [-0.1, -0.05) is 35.9 Å². The summed E-state index contributed by atoms with van der Waals surface area (Å²) in [7, 11) is -2.79. The zero-order valence-corrected chi connectivity index (χ0v) is 19.3. The van der Waals surface area contributed by atoms with Gasteiger partial charge in [-0.2, -0.15) is 13.2 Å². The van der Waals surface area contributed by atoms with Gasteiger partial charge in [0.25, 0.3) is 15.9 Å². The van der Waals surface area contributed by atoms with E-state index in [1.54, 1.807) is 24.3 Å². The molecule has 0 unspecified atom stereocenters. The number of methoxy groups -OCH3 is 1. The van der Waals surface area contributed by atoms with E-state index in [0.717, 1.165) is 17.7 Å². The largest absolute Gasteiger partial charge is 0.495 e. The van der Waals surface area contributed by atoms with Crippen molar-refractivity contribution in [2.45, 2.75) is 24.4 Å². The minimum atomic E-state index is -4.50. The molecular weight excluding hydrogens is 469 g/mol. The Morgan fingerprint density at radius 2 is 1.68 bits per heavy atom. The van der Waals surface area contributed by atoms with E-state index in [1.807, 2.05) is 6.92 Å². The van der Waals surface area contributed by atoms with Crippen LogP contribution in [0.5, 0.6) is 5.75 Å². The van der Waals surface area contributed by atoms with Gasteiger partial charge in [0.05, 0.1) is 12.7 Å². The lowest BCUT2D eigenvalue weighted by Gasteiger charge is -2.14. The fraction of sp³-hybridized carbons (Fsp3) is 0.208. The van der Waals surface area contributed by atoms with Gasteiger partial charge < -0.3 is 10.1 Å². The molecule has 3 rings (SSSR count). The predicted molar refractivity (Wildman–Crippen MR) is 122 cm³/mol. The zero-order chi connectivity index (χ0) is 24.9. The number of carbonyl (C=O) groups is 1. The second-order valence-electron chi connectivity index (χ2n) is 7.50. The van der Waals surface area contributed by atoms with E-state index in [4.69, 9.17) is 4.74 Å². The quantitative estimate of drug-likeness (QED) is 0.473. The monoisotopic (exact) mass is 492 g/mol. The van der Waals surface area contributed by atoms with E-state index < -0.39 is 27.7 Å². The van der Waals surface area contributed by atoms with Crippen LogP contribution in [0, 0.1) is 6.92 Å². The molecule has 0 aromatic heterocycles. The second-order valence-corrected chi connectivity index (χ2v) is 9.15. The molecule has 0 aliphatic heterocycles. The third-order valence-corrected chi connectivity index (χ3v) is 6.42. The Morgan fingerprint density at radius 3 is 2.32 bits per heavy atom. The summed E-state index contributed by atoms with van der Waals surface area (Å²) in [5, 5.41) is 2.54. The Labute approximate surface area is 195 Å². The number of alkyl halides is 3. The number of anilines is 1. The number of hydrogen-bond acceptors (Lipinski definition) is 4. The molecular formula is C24H23F3N2O4S. The van der Waals surface area contributed by atoms with Crippen molar-refractivity contribution in [3.05, 3.63) is 89.0 Å². The molecule has 0 radical (unpaired) electrons. The summed E-state index contributed by atoms with van der Waals surface area (Å²) >= 11 is 0. The maximum Gasteiger partial charge on any atom is 0.416 e. The van der Waals surface area contributed by atoms with Crippen molar-refractivity contribution in [1.82, 2.24) is 5.32 Å². The molecule has 180 valence electrons. The van der Waals surface area contributed by atoms with Crippen LogP contribution in [-0.4, -0.2) is 28.0 Å². The van der Waals surface area contributed by atoms with Crippen LogP contribution >= 0.6 is 0 Å². The molecule has 2 N–H and O–H groups in total. The van der Waals surface area contributed by atoms with Gasteiger partial charge in [-0.15, -0.1) is 0 Å². The van der Waals surface area contributed by atoms with Crippen LogP contribution in [0.15, 0.2) is 71.6 Å². The summed E-state index contributed by atoms with van der Waals surface area (Å²) in [4.78, 5) is 12.4. The summed E-state index contributed by atoms with van der Waals surface area (Å²) in [5.74, 6) is -0.589. The first-order valence-electron chi connectivity index (χ1n) is 10.2. The molecule has 3 aromatic carbocycles. The summed E-state index contributed by atoms with van der Waals surface area (Å²) in [5.41, 5.74) is 0.608. The molecule has 10 heteroatoms. The van der Waals surface area contributed by atoms with Crippen molar-refractivity contribution >= 4 is 21.6 Å². The highest BCUT2D eigenvalue weighted by molar-refractivity contribution is 7.92. The van der Waals surface area contributed by atoms with Crippen LogP contribution in [0.2, 0.25) is 0 Å². The number of ether oxygens (including phenoxy) is 1. The number of nitrogens with one attached hydrogen (secondary N) is 2. The lowest BCUT2D eigenvalue weighted by Crippen LogP contribution is -2.26. The van der Waals surface area contributed by atoms with Crippen LogP contribution < -0.4 is 14.8 Å². The molecule has 0 fully saturated rings. The second kappa shape index (κ2) is 10.2. The predicted octanol–water partition coefficient (Wildman–Crippen LogP) is 4.80. The summed E-state index contributed by atoms with van der Waals surface area (Å²) < 4.78 is 72.9. The lowest BCUT2D eigenvalue weighted by atomic mass is 10.0. The molecule has 6 nitrogen and oxygen atoms in total. The van der Waals surface area contributed by atoms with E-state index in [0.29, 0.717) is 5.69 Å². The first-order valence-corrected chi connectivity index (χ1v) is 11.7. The molecule has 0 aliphatic carbocycles. The molecule has 3 aromatic rings. The molecule has 0 aliphatic rings. The molecule has 0 atom stereocenters. The maximum atomic E-state index is 13.1. The van der Waals surface area contributed by atoms with Crippen LogP contribution in [-0.2, 0) is 22.6 Å². The van der Waals surface area contributed by atoms with Crippen molar-refractivity contribution in [2.75, 3.05) is 18.4 Å². The maximum absolute atomic E-state index is 13.1. The van der Waals surface area contributed by atoms with E-state index in [-0.39, 0.29) is 34.7 Å². The minimum Gasteiger partial charge on any atom is -0.495 e. The van der Waals surface area contributed by atoms with E-state index >= 15 is 0 Å². The van der Waals surface area contributed by atoms with Crippen LogP contribution in [0.4, 0.5) is 18.9 Å². The van der Waals surface area contributed by atoms with Crippen molar-refractivity contribution in [3.63, 3.8) is 0 Å². The van der Waals surface area contributed by atoms with Gasteiger partial charge in [-0.25, -0.2) is 8.42 Å². The summed E-state index contributed by atoms with van der Waals surface area (Å²) in [6, 6.07) is 15.7. The van der Waals surface area contributed by atoms with Gasteiger partial charge in [-0.3, -0.25) is 9.52 Å². The van der Waals surface area contributed by atoms with Crippen LogP contribution in [0.25, 0.3) is 0 Å². The lowest BCUT2D eigenvalue weighted by molar-refractivity contribution is -0.138. The highest BCUT2D eigenvalue weighted by Crippen LogP contribution is 2.32. The Bertz CT molecular complexity index is 1270. The van der Waals surface area contributed by atoms with Crippen molar-refractivity contribution in [3.8, 4) is 5.75 Å². The molecule has 0 heterocycles. The van der Waals surface area contributed by atoms with E-state index in [2.05, 4.69) is 10.0 Å². The standard InChI is InChI=1S/C24H23F3N2O4S/c1-16-7-10-19(11-8-16)29-34(31,32)22-15-18(9-12-21(22)33-2)23(30)28-14-13-17-5-3-4-6-20(17)24(25,26)27/h3-12,15,29H,13-14H2,1-2H3,(H,28,30). The molecule has 0 saturated heterocycles. The number of aryl methyl sites for hydroxylation is 1. The molecule has 1 amide bonds. The van der Waals surface area contributed by atoms with E-state index in [1.165, 1.54) is 37.4 Å². The Morgan fingerprint density at radius 1 is 1.00 bits per heavy atom. The van der Waals surface area contributed by atoms with Crippen molar-refractivity contribution < 1.29 is 31.1 Å². The normalized spacial score (nSPS) is 11.7. The van der Waals surface area contributed by atoms with Gasteiger partial charge in [0.15, 0.2) is 0 Å².